The summed E-state index contributed by atoms with van der Waals surface area (Å²) in [4.78, 5) is 31.2. The number of H-pyrrole nitrogens is 1. The Bertz CT molecular complexity index is 1090. The third-order valence-electron chi connectivity index (χ3n) is 6.54. The normalized spacial score (nSPS) is 20.8. The number of piperidine rings is 1. The van der Waals surface area contributed by atoms with Gasteiger partial charge in [0.05, 0.1) is 23.7 Å². The molecule has 1 aromatic heterocycles. The molecule has 158 valence electrons. The predicted molar refractivity (Wildman–Crippen MR) is 115 cm³/mol. The molecule has 0 aliphatic carbocycles. The molecule has 1 aromatic carbocycles. The second-order valence-electron chi connectivity index (χ2n) is 8.38. The van der Waals surface area contributed by atoms with Gasteiger partial charge in [-0.3, -0.25) is 9.59 Å². The topological polar surface area (TPSA) is 82.4 Å². The summed E-state index contributed by atoms with van der Waals surface area (Å²) in [6.07, 6.45) is 1.93. The molecule has 3 heterocycles. The first-order chi connectivity index (χ1) is 14.3. The lowest BCUT2D eigenvalue weighted by atomic mass is 9.92. The van der Waals surface area contributed by atoms with Crippen molar-refractivity contribution in [2.75, 3.05) is 24.5 Å². The van der Waals surface area contributed by atoms with E-state index in [1.54, 1.807) is 6.92 Å². The Kier molecular flexibility index (Phi) is 5.19. The molecule has 2 aliphatic heterocycles. The van der Waals surface area contributed by atoms with Gasteiger partial charge >= 0.3 is 0 Å². The number of primary amides is 1. The van der Waals surface area contributed by atoms with Gasteiger partial charge < -0.3 is 20.5 Å². The molecule has 4 rings (SSSR count). The number of hydrogen-bond acceptors (Lipinski definition) is 3. The molecule has 2 atom stereocenters. The summed E-state index contributed by atoms with van der Waals surface area (Å²) in [5.74, 6) is 4.65. The molecule has 0 spiro atoms. The standard InChI is InChI=1S/C23H27FN4O2/c1-4-6-20(30)28-8-5-7-15-11-27(12-18(15)28)23-17(24)9-16(10-19(25)29)22-21(23)13(2)14(3)26-22/h9,15,18,26H,5,7-8,10-12H2,1-3H3,(H2,25,29)/t15-,18+/m1/s1. The zero-order chi connectivity index (χ0) is 21.6. The number of carbonyl (C=O) groups excluding carboxylic acids is 2. The Morgan fingerprint density at radius 3 is 2.80 bits per heavy atom. The van der Waals surface area contributed by atoms with Crippen LogP contribution in [-0.2, 0) is 16.0 Å². The van der Waals surface area contributed by atoms with Gasteiger partial charge in [0.2, 0.25) is 5.91 Å². The maximum absolute atomic E-state index is 15.4. The summed E-state index contributed by atoms with van der Waals surface area (Å²) in [6, 6.07) is 1.46. The molecule has 6 nitrogen and oxygen atoms in total. The van der Waals surface area contributed by atoms with Crippen LogP contribution in [0.15, 0.2) is 6.07 Å². The second-order valence-corrected chi connectivity index (χ2v) is 8.38. The molecule has 0 bridgehead atoms. The van der Waals surface area contributed by atoms with Crippen LogP contribution in [0.2, 0.25) is 0 Å². The lowest BCUT2D eigenvalue weighted by Crippen LogP contribution is -2.48. The third kappa shape index (κ3) is 3.30. The number of carbonyl (C=O) groups is 2. The van der Waals surface area contributed by atoms with Crippen LogP contribution in [-0.4, -0.2) is 47.4 Å². The fraction of sp³-hybridized carbons (Fsp3) is 0.478. The Hall–Kier alpha value is -3.01. The zero-order valence-electron chi connectivity index (χ0n) is 17.6. The summed E-state index contributed by atoms with van der Waals surface area (Å²) in [5.41, 5.74) is 9.17. The van der Waals surface area contributed by atoms with Crippen LogP contribution in [0, 0.1) is 37.4 Å². The van der Waals surface area contributed by atoms with Gasteiger partial charge in [-0.15, -0.1) is 0 Å². The number of amides is 2. The summed E-state index contributed by atoms with van der Waals surface area (Å²) >= 11 is 0. The number of nitrogens with zero attached hydrogens (tertiary/aromatic N) is 2. The molecule has 2 aromatic rings. The first kappa shape index (κ1) is 20.3. The van der Waals surface area contributed by atoms with Crippen LogP contribution in [0.1, 0.15) is 36.6 Å². The summed E-state index contributed by atoms with van der Waals surface area (Å²) in [5, 5.41) is 0.800. The molecule has 2 amide bonds. The van der Waals surface area contributed by atoms with Crippen molar-refractivity contribution in [3.8, 4) is 11.8 Å². The number of nitrogens with two attached hydrogens (primary N) is 1. The van der Waals surface area contributed by atoms with Crippen molar-refractivity contribution in [2.45, 2.75) is 46.1 Å². The van der Waals surface area contributed by atoms with Crippen LogP contribution in [0.5, 0.6) is 0 Å². The number of benzene rings is 1. The number of rotatable bonds is 3. The first-order valence-corrected chi connectivity index (χ1v) is 10.4. The number of aryl methyl sites for hydroxylation is 2. The molecule has 0 radical (unpaired) electrons. The van der Waals surface area contributed by atoms with Crippen LogP contribution >= 0.6 is 0 Å². The van der Waals surface area contributed by atoms with E-state index >= 15 is 4.39 Å². The Morgan fingerprint density at radius 1 is 1.33 bits per heavy atom. The highest BCUT2D eigenvalue weighted by Gasteiger charge is 2.42. The number of fused-ring (bicyclic) bond motifs is 2. The fourth-order valence-electron chi connectivity index (χ4n) is 5.10. The summed E-state index contributed by atoms with van der Waals surface area (Å²) in [6.45, 7) is 7.53. The monoisotopic (exact) mass is 410 g/mol. The van der Waals surface area contributed by atoms with E-state index in [4.69, 9.17) is 5.73 Å². The minimum absolute atomic E-state index is 0.0175. The van der Waals surface area contributed by atoms with Crippen molar-refractivity contribution in [3.63, 3.8) is 0 Å². The second kappa shape index (κ2) is 7.67. The number of halogens is 1. The van der Waals surface area contributed by atoms with E-state index in [0.29, 0.717) is 36.8 Å². The molecular formula is C23H27FN4O2. The van der Waals surface area contributed by atoms with E-state index in [0.717, 1.165) is 35.0 Å². The third-order valence-corrected chi connectivity index (χ3v) is 6.54. The first-order valence-electron chi connectivity index (χ1n) is 10.4. The molecule has 30 heavy (non-hydrogen) atoms. The minimum Gasteiger partial charge on any atom is -0.369 e. The van der Waals surface area contributed by atoms with Gasteiger partial charge in [0, 0.05) is 30.7 Å². The molecule has 3 N–H and O–H groups in total. The van der Waals surface area contributed by atoms with E-state index in [2.05, 4.69) is 21.7 Å². The highest BCUT2D eigenvalue weighted by molar-refractivity contribution is 6.00. The number of aromatic nitrogens is 1. The van der Waals surface area contributed by atoms with Crippen molar-refractivity contribution < 1.29 is 14.0 Å². The van der Waals surface area contributed by atoms with E-state index < -0.39 is 5.91 Å². The highest BCUT2D eigenvalue weighted by atomic mass is 19.1. The molecule has 2 saturated heterocycles. The van der Waals surface area contributed by atoms with E-state index in [9.17, 15) is 9.59 Å². The SMILES string of the molecule is CC#CC(=O)N1CCC[C@@H]2CN(c3c(F)cc(CC(N)=O)c4[nH]c(C)c(C)c34)C[C@@H]21. The number of anilines is 1. The van der Waals surface area contributed by atoms with E-state index in [1.807, 2.05) is 18.7 Å². The van der Waals surface area contributed by atoms with Crippen LogP contribution < -0.4 is 10.6 Å². The van der Waals surface area contributed by atoms with Gasteiger partial charge in [-0.05, 0) is 62.6 Å². The fourth-order valence-corrected chi connectivity index (χ4v) is 5.10. The summed E-state index contributed by atoms with van der Waals surface area (Å²) in [7, 11) is 0. The van der Waals surface area contributed by atoms with E-state index in [-0.39, 0.29) is 24.2 Å². The highest BCUT2D eigenvalue weighted by Crippen LogP contribution is 2.41. The number of hydrogen-bond donors (Lipinski definition) is 2. The molecule has 7 heteroatoms. The smallest absolute Gasteiger partial charge is 0.298 e. The largest absolute Gasteiger partial charge is 0.369 e. The predicted octanol–water partition coefficient (Wildman–Crippen LogP) is 2.40. The number of aromatic amines is 1. The molecule has 0 unspecified atom stereocenters. The van der Waals surface area contributed by atoms with Crippen LogP contribution in [0.3, 0.4) is 0 Å². The average Bonchev–Trinajstić information content (AvgIpc) is 3.23. The minimum atomic E-state index is -0.494. The van der Waals surface area contributed by atoms with Crippen molar-refractivity contribution in [1.29, 1.82) is 0 Å². The zero-order valence-corrected chi connectivity index (χ0v) is 17.6. The Morgan fingerprint density at radius 2 is 2.10 bits per heavy atom. The maximum Gasteiger partial charge on any atom is 0.298 e. The lowest BCUT2D eigenvalue weighted by Gasteiger charge is -2.35. The van der Waals surface area contributed by atoms with Gasteiger partial charge in [-0.2, -0.15) is 0 Å². The molecule has 0 saturated carbocycles. The van der Waals surface area contributed by atoms with Crippen LogP contribution in [0.25, 0.3) is 10.9 Å². The lowest BCUT2D eigenvalue weighted by molar-refractivity contribution is -0.129. The Balaban J connectivity index is 1.77. The van der Waals surface area contributed by atoms with Crippen molar-refractivity contribution in [3.05, 3.63) is 28.7 Å². The molecule has 2 fully saturated rings. The van der Waals surface area contributed by atoms with Gasteiger partial charge in [0.15, 0.2) is 0 Å². The van der Waals surface area contributed by atoms with Crippen molar-refractivity contribution in [1.82, 2.24) is 9.88 Å². The quantitative estimate of drug-likeness (QED) is 0.763. The number of nitrogens with one attached hydrogen (secondary N) is 1. The molecular weight excluding hydrogens is 383 g/mol. The van der Waals surface area contributed by atoms with E-state index in [1.165, 1.54) is 6.07 Å². The Labute approximate surface area is 175 Å². The van der Waals surface area contributed by atoms with Gasteiger partial charge in [0.25, 0.3) is 5.91 Å². The van der Waals surface area contributed by atoms with Crippen molar-refractivity contribution >= 4 is 28.4 Å². The maximum atomic E-state index is 15.4. The van der Waals surface area contributed by atoms with Gasteiger partial charge in [0.1, 0.15) is 5.82 Å². The van der Waals surface area contributed by atoms with Crippen LogP contribution in [0.4, 0.5) is 10.1 Å². The molecule has 2 aliphatic rings. The van der Waals surface area contributed by atoms with Crippen molar-refractivity contribution in [2.24, 2.45) is 11.7 Å². The number of likely N-dealkylation sites (tertiary alicyclic amines) is 1. The van der Waals surface area contributed by atoms with Gasteiger partial charge in [-0.1, -0.05) is 5.92 Å². The average molecular weight is 410 g/mol. The van der Waals surface area contributed by atoms with Gasteiger partial charge in [-0.25, -0.2) is 4.39 Å². The summed E-state index contributed by atoms with van der Waals surface area (Å²) < 4.78 is 15.4.